The van der Waals surface area contributed by atoms with Crippen LogP contribution in [-0.4, -0.2) is 50.1 Å². The molecule has 0 aliphatic carbocycles. The van der Waals surface area contributed by atoms with E-state index in [1.165, 1.54) is 0 Å². The van der Waals surface area contributed by atoms with Crippen molar-refractivity contribution in [3.05, 3.63) is 58.8 Å². The van der Waals surface area contributed by atoms with Gasteiger partial charge in [0.15, 0.2) is 5.69 Å². The number of nitrogens with zero attached hydrogens (tertiary/aromatic N) is 4. The summed E-state index contributed by atoms with van der Waals surface area (Å²) in [7, 11) is 0. The highest BCUT2D eigenvalue weighted by molar-refractivity contribution is 6.04. The Balaban J connectivity index is 1.55. The maximum atomic E-state index is 12.9. The number of carbonyl (C=O) groups excluding carboxylic acids is 1. The Morgan fingerprint density at radius 2 is 1.92 bits per heavy atom. The smallest absolute Gasteiger partial charge is 0.275 e. The van der Waals surface area contributed by atoms with E-state index in [1.54, 1.807) is 47.6 Å². The second-order valence-corrected chi connectivity index (χ2v) is 5.90. The highest BCUT2D eigenvalue weighted by atomic mass is 16.2. The van der Waals surface area contributed by atoms with E-state index in [4.69, 9.17) is 0 Å². The molecule has 1 atom stereocenters. The van der Waals surface area contributed by atoms with E-state index in [1.807, 2.05) is 0 Å². The predicted molar refractivity (Wildman–Crippen MR) is 92.3 cm³/mol. The molecule has 0 bridgehead atoms. The molecule has 0 radical (unpaired) electrons. The summed E-state index contributed by atoms with van der Waals surface area (Å²) in [5.74, 6) is 0.361. The minimum Gasteiger partial charge on any atom is -0.350 e. The van der Waals surface area contributed by atoms with Gasteiger partial charge in [0.25, 0.3) is 11.5 Å². The predicted octanol–water partition coefficient (Wildman–Crippen LogP) is 1.04. The van der Waals surface area contributed by atoms with Crippen LogP contribution < -0.4 is 10.9 Å². The number of hydrogen-bond acceptors (Lipinski definition) is 6. The van der Waals surface area contributed by atoms with Gasteiger partial charge in [-0.25, -0.2) is 15.1 Å². The Labute approximate surface area is 142 Å². The van der Waals surface area contributed by atoms with E-state index in [0.717, 1.165) is 6.42 Å². The number of amides is 1. The summed E-state index contributed by atoms with van der Waals surface area (Å²) in [4.78, 5) is 34.7. The largest absolute Gasteiger partial charge is 0.350 e. The highest BCUT2D eigenvalue weighted by Gasteiger charge is 2.29. The number of anilines is 1. The molecule has 3 aromatic rings. The van der Waals surface area contributed by atoms with Gasteiger partial charge < -0.3 is 10.2 Å². The molecule has 8 nitrogen and oxygen atoms in total. The molecule has 2 aromatic heterocycles. The Morgan fingerprint density at radius 1 is 1.16 bits per heavy atom. The third kappa shape index (κ3) is 2.93. The topological polar surface area (TPSA) is 104 Å². The molecular formula is C17H16N6O2. The Bertz CT molecular complexity index is 972. The van der Waals surface area contributed by atoms with Crippen LogP contribution in [0.25, 0.3) is 10.8 Å². The van der Waals surface area contributed by atoms with Gasteiger partial charge in [0.05, 0.1) is 5.39 Å². The summed E-state index contributed by atoms with van der Waals surface area (Å²) >= 11 is 0. The van der Waals surface area contributed by atoms with Gasteiger partial charge >= 0.3 is 0 Å². The summed E-state index contributed by atoms with van der Waals surface area (Å²) in [6.45, 7) is 1.14. The van der Waals surface area contributed by atoms with Crippen LogP contribution in [0, 0.1) is 0 Å². The summed E-state index contributed by atoms with van der Waals surface area (Å²) in [6, 6.07) is 8.83. The van der Waals surface area contributed by atoms with Crippen LogP contribution in [0.4, 0.5) is 5.95 Å². The van der Waals surface area contributed by atoms with E-state index in [2.05, 4.69) is 25.5 Å². The van der Waals surface area contributed by atoms with Gasteiger partial charge in [-0.3, -0.25) is 9.59 Å². The van der Waals surface area contributed by atoms with E-state index < -0.39 is 0 Å². The van der Waals surface area contributed by atoms with Crippen LogP contribution in [0.3, 0.4) is 0 Å². The Kier molecular flexibility index (Phi) is 3.85. The number of carbonyl (C=O) groups is 1. The van der Waals surface area contributed by atoms with E-state index in [-0.39, 0.29) is 23.2 Å². The van der Waals surface area contributed by atoms with Gasteiger partial charge in [0.2, 0.25) is 5.95 Å². The van der Waals surface area contributed by atoms with Crippen LogP contribution in [0.2, 0.25) is 0 Å². The normalized spacial score (nSPS) is 17.0. The average molecular weight is 336 g/mol. The zero-order valence-corrected chi connectivity index (χ0v) is 13.3. The second kappa shape index (κ2) is 6.31. The number of benzene rings is 1. The third-order valence-electron chi connectivity index (χ3n) is 4.27. The zero-order chi connectivity index (χ0) is 17.2. The van der Waals surface area contributed by atoms with Crippen molar-refractivity contribution in [3.8, 4) is 0 Å². The first-order chi connectivity index (χ1) is 12.2. The van der Waals surface area contributed by atoms with Crippen molar-refractivity contribution in [1.29, 1.82) is 0 Å². The third-order valence-corrected chi connectivity index (χ3v) is 4.27. The molecule has 1 aliphatic heterocycles. The minimum atomic E-state index is -0.297. The quantitative estimate of drug-likeness (QED) is 0.741. The van der Waals surface area contributed by atoms with Crippen molar-refractivity contribution < 1.29 is 4.79 Å². The van der Waals surface area contributed by atoms with Gasteiger partial charge in [-0.1, -0.05) is 18.2 Å². The summed E-state index contributed by atoms with van der Waals surface area (Å²) in [6.07, 6.45) is 4.14. The lowest BCUT2D eigenvalue weighted by atomic mass is 10.1. The molecule has 1 amide bonds. The standard InChI is InChI=1S/C17H16N6O2/c24-15-13-5-2-1-4-12(13)14(21-22-15)16(25)23-9-6-11(10-23)20-17-18-7-3-8-19-17/h1-5,7-8,11H,6,9-10H2,(H,22,24)(H,18,19,20)/t11-/m0/s1. The lowest BCUT2D eigenvalue weighted by molar-refractivity contribution is 0.0786. The van der Waals surface area contributed by atoms with Gasteiger partial charge in [-0.05, 0) is 18.6 Å². The molecule has 0 unspecified atom stereocenters. The molecule has 4 rings (SSSR count). The first-order valence-corrected chi connectivity index (χ1v) is 8.02. The van der Waals surface area contributed by atoms with Gasteiger partial charge in [0, 0.05) is 36.9 Å². The molecule has 3 heterocycles. The minimum absolute atomic E-state index is 0.0837. The number of H-pyrrole nitrogens is 1. The fraction of sp³-hybridized carbons (Fsp3) is 0.235. The van der Waals surface area contributed by atoms with Gasteiger partial charge in [-0.2, -0.15) is 5.10 Å². The fourth-order valence-corrected chi connectivity index (χ4v) is 3.05. The Morgan fingerprint density at radius 3 is 2.72 bits per heavy atom. The second-order valence-electron chi connectivity index (χ2n) is 5.90. The molecule has 126 valence electrons. The summed E-state index contributed by atoms with van der Waals surface area (Å²) < 4.78 is 0. The molecular weight excluding hydrogens is 320 g/mol. The number of likely N-dealkylation sites (tertiary alicyclic amines) is 1. The van der Waals surface area contributed by atoms with Crippen molar-refractivity contribution in [2.75, 3.05) is 18.4 Å². The number of aromatic nitrogens is 4. The number of fused-ring (bicyclic) bond motifs is 1. The monoisotopic (exact) mass is 336 g/mol. The van der Waals surface area contributed by atoms with E-state index in [0.29, 0.717) is 29.8 Å². The highest BCUT2D eigenvalue weighted by Crippen LogP contribution is 2.19. The number of nitrogens with one attached hydrogen (secondary N) is 2. The first-order valence-electron chi connectivity index (χ1n) is 8.02. The Hall–Kier alpha value is -3.29. The van der Waals surface area contributed by atoms with Crippen molar-refractivity contribution in [3.63, 3.8) is 0 Å². The summed E-state index contributed by atoms with van der Waals surface area (Å²) in [5, 5.41) is 10.7. The maximum absolute atomic E-state index is 12.9. The van der Waals surface area contributed by atoms with Crippen LogP contribution in [0.1, 0.15) is 16.9 Å². The lowest BCUT2D eigenvalue weighted by Crippen LogP contribution is -2.33. The summed E-state index contributed by atoms with van der Waals surface area (Å²) in [5.41, 5.74) is -0.0267. The molecule has 1 aliphatic rings. The molecule has 2 N–H and O–H groups in total. The molecule has 0 saturated carbocycles. The van der Waals surface area contributed by atoms with Crippen molar-refractivity contribution in [1.82, 2.24) is 25.1 Å². The molecule has 1 saturated heterocycles. The average Bonchev–Trinajstić information content (AvgIpc) is 3.11. The van der Waals surface area contributed by atoms with Crippen LogP contribution in [0.5, 0.6) is 0 Å². The molecule has 8 heteroatoms. The lowest BCUT2D eigenvalue weighted by Gasteiger charge is -2.17. The van der Waals surface area contributed by atoms with Gasteiger partial charge in [-0.15, -0.1) is 0 Å². The zero-order valence-electron chi connectivity index (χ0n) is 13.3. The van der Waals surface area contributed by atoms with Crippen LogP contribution >= 0.6 is 0 Å². The van der Waals surface area contributed by atoms with Crippen LogP contribution in [-0.2, 0) is 0 Å². The van der Waals surface area contributed by atoms with E-state index >= 15 is 0 Å². The van der Waals surface area contributed by atoms with Crippen molar-refractivity contribution >= 4 is 22.6 Å². The SMILES string of the molecule is O=C(c1n[nH]c(=O)c2ccccc12)N1CC[C@H](Nc2ncccn2)C1. The first kappa shape index (κ1) is 15.3. The van der Waals surface area contributed by atoms with Gasteiger partial charge in [0.1, 0.15) is 0 Å². The molecule has 25 heavy (non-hydrogen) atoms. The van der Waals surface area contributed by atoms with E-state index in [9.17, 15) is 9.59 Å². The molecule has 1 fully saturated rings. The number of aromatic amines is 1. The number of hydrogen-bond donors (Lipinski definition) is 2. The van der Waals surface area contributed by atoms with Crippen molar-refractivity contribution in [2.45, 2.75) is 12.5 Å². The van der Waals surface area contributed by atoms with Crippen molar-refractivity contribution in [2.24, 2.45) is 0 Å². The maximum Gasteiger partial charge on any atom is 0.275 e. The van der Waals surface area contributed by atoms with Crippen LogP contribution in [0.15, 0.2) is 47.5 Å². The molecule has 0 spiro atoms. The fourth-order valence-electron chi connectivity index (χ4n) is 3.05. The molecule has 1 aromatic carbocycles. The number of rotatable bonds is 3.